The van der Waals surface area contributed by atoms with E-state index in [2.05, 4.69) is 5.32 Å². The number of carbonyl (C=O) groups excluding carboxylic acids is 2. The topological polar surface area (TPSA) is 55.4 Å². The Morgan fingerprint density at radius 3 is 2.44 bits per heavy atom. The van der Waals surface area contributed by atoms with Crippen LogP contribution in [0.2, 0.25) is 0 Å². The molecule has 5 heteroatoms. The molecule has 0 heterocycles. The number of rotatable bonds is 6. The Morgan fingerprint density at radius 2 is 2.00 bits per heavy atom. The molecule has 0 aromatic carbocycles. The minimum absolute atomic E-state index is 0.159. The van der Waals surface area contributed by atoms with Gasteiger partial charge in [0.2, 0.25) is 0 Å². The molecule has 1 atom stereocenters. The highest BCUT2D eigenvalue weighted by Gasteiger charge is 2.35. The number of hydrogen-bond donors (Lipinski definition) is 1. The van der Waals surface area contributed by atoms with Crippen molar-refractivity contribution in [2.24, 2.45) is 5.92 Å². The smallest absolute Gasteiger partial charge is 0.408 e. The number of ether oxygens (including phenoxy) is 1. The van der Waals surface area contributed by atoms with E-state index in [-0.39, 0.29) is 17.7 Å². The van der Waals surface area contributed by atoms with Crippen LogP contribution in [0.4, 0.5) is 4.79 Å². The number of ketones is 1. The van der Waals surface area contributed by atoms with E-state index < -0.39 is 11.7 Å². The second-order valence-electron chi connectivity index (χ2n) is 5.66. The lowest BCUT2D eigenvalue weighted by molar-refractivity contribution is -0.122. The first-order valence-corrected chi connectivity index (χ1v) is 7.75. The predicted octanol–water partition coefficient (Wildman–Crippen LogP) is 2.61. The summed E-state index contributed by atoms with van der Waals surface area (Å²) in [6.45, 7) is 5.44. The average molecular weight is 273 g/mol. The summed E-state index contributed by atoms with van der Waals surface area (Å²) in [7, 11) is 0. The van der Waals surface area contributed by atoms with Crippen molar-refractivity contribution in [2.75, 3.05) is 12.0 Å². The highest BCUT2D eigenvalue weighted by molar-refractivity contribution is 7.98. The molecular formula is C13H23NO3S. The quantitative estimate of drug-likeness (QED) is 0.808. The van der Waals surface area contributed by atoms with Crippen LogP contribution in [0.3, 0.4) is 0 Å². The third-order valence-corrected chi connectivity index (χ3v) is 3.27. The van der Waals surface area contributed by atoms with Gasteiger partial charge in [0.1, 0.15) is 5.60 Å². The molecule has 1 aliphatic carbocycles. The molecule has 1 aliphatic rings. The van der Waals surface area contributed by atoms with Crippen molar-refractivity contribution in [3.63, 3.8) is 0 Å². The molecule has 0 aromatic heterocycles. The maximum absolute atomic E-state index is 12.0. The van der Waals surface area contributed by atoms with E-state index in [4.69, 9.17) is 4.74 Å². The predicted molar refractivity (Wildman–Crippen MR) is 73.9 cm³/mol. The van der Waals surface area contributed by atoms with E-state index in [0.29, 0.717) is 6.42 Å². The zero-order valence-electron chi connectivity index (χ0n) is 11.6. The standard InChI is InChI=1S/C13H23NO3S/c1-13(2,3)17-12(16)14-10(7-8-18-4)11(15)9-5-6-9/h9-10H,5-8H2,1-4H3,(H,14,16)/t10-/m0/s1. The van der Waals surface area contributed by atoms with E-state index >= 15 is 0 Å². The van der Waals surface area contributed by atoms with Crippen LogP contribution < -0.4 is 5.32 Å². The molecule has 4 nitrogen and oxygen atoms in total. The third-order valence-electron chi connectivity index (χ3n) is 2.62. The number of amides is 1. The number of thioether (sulfide) groups is 1. The summed E-state index contributed by atoms with van der Waals surface area (Å²) in [5.74, 6) is 1.18. The Labute approximate surface area is 113 Å². The molecule has 1 N–H and O–H groups in total. The Balaban J connectivity index is 2.49. The van der Waals surface area contributed by atoms with Crippen LogP contribution in [0.15, 0.2) is 0 Å². The van der Waals surface area contributed by atoms with Crippen molar-refractivity contribution in [3.8, 4) is 0 Å². The first-order chi connectivity index (χ1) is 8.33. The van der Waals surface area contributed by atoms with Crippen LogP contribution in [0.5, 0.6) is 0 Å². The van der Waals surface area contributed by atoms with E-state index in [1.165, 1.54) is 0 Å². The van der Waals surface area contributed by atoms with Crippen molar-refractivity contribution in [3.05, 3.63) is 0 Å². The molecule has 0 unspecified atom stereocenters. The molecule has 1 fully saturated rings. The van der Waals surface area contributed by atoms with Gasteiger partial charge in [-0.3, -0.25) is 4.79 Å². The zero-order valence-corrected chi connectivity index (χ0v) is 12.4. The number of Topliss-reactive ketones (excluding diaryl/α,β-unsaturated/α-hetero) is 1. The molecule has 0 saturated heterocycles. The third kappa shape index (κ3) is 5.76. The fourth-order valence-electron chi connectivity index (χ4n) is 1.62. The monoisotopic (exact) mass is 273 g/mol. The molecule has 0 spiro atoms. The van der Waals surface area contributed by atoms with Gasteiger partial charge in [-0.1, -0.05) is 0 Å². The van der Waals surface area contributed by atoms with Gasteiger partial charge in [0.05, 0.1) is 6.04 Å². The van der Waals surface area contributed by atoms with E-state index in [0.717, 1.165) is 18.6 Å². The van der Waals surface area contributed by atoms with Gasteiger partial charge in [-0.2, -0.15) is 11.8 Å². The minimum atomic E-state index is -0.531. The van der Waals surface area contributed by atoms with Crippen LogP contribution in [0.1, 0.15) is 40.0 Å². The van der Waals surface area contributed by atoms with E-state index in [9.17, 15) is 9.59 Å². The summed E-state index contributed by atoms with van der Waals surface area (Å²) in [6, 6.07) is -0.389. The number of nitrogens with one attached hydrogen (secondary N) is 1. The molecule has 18 heavy (non-hydrogen) atoms. The fourth-order valence-corrected chi connectivity index (χ4v) is 2.09. The number of hydrogen-bond acceptors (Lipinski definition) is 4. The summed E-state index contributed by atoms with van der Waals surface area (Å²) in [5.41, 5.74) is -0.531. The van der Waals surface area contributed by atoms with Crippen molar-refractivity contribution >= 4 is 23.6 Å². The largest absolute Gasteiger partial charge is 0.444 e. The summed E-state index contributed by atoms with van der Waals surface area (Å²) in [6.07, 6.45) is 4.10. The Morgan fingerprint density at radius 1 is 1.39 bits per heavy atom. The summed E-state index contributed by atoms with van der Waals surface area (Å²) in [5, 5.41) is 2.71. The highest BCUT2D eigenvalue weighted by Crippen LogP contribution is 2.31. The van der Waals surface area contributed by atoms with Crippen molar-refractivity contribution in [1.82, 2.24) is 5.32 Å². The van der Waals surface area contributed by atoms with Gasteiger partial charge in [0.25, 0.3) is 0 Å². The molecule has 0 bridgehead atoms. The lowest BCUT2D eigenvalue weighted by Crippen LogP contribution is -2.44. The van der Waals surface area contributed by atoms with Crippen LogP contribution in [-0.2, 0) is 9.53 Å². The van der Waals surface area contributed by atoms with Crippen LogP contribution in [0, 0.1) is 5.92 Å². The molecule has 0 radical (unpaired) electrons. The maximum atomic E-state index is 12.0. The van der Waals surface area contributed by atoms with Gasteiger partial charge in [0.15, 0.2) is 5.78 Å². The number of carbonyl (C=O) groups is 2. The second-order valence-corrected chi connectivity index (χ2v) is 6.64. The lowest BCUT2D eigenvalue weighted by atomic mass is 10.1. The molecule has 1 saturated carbocycles. The first-order valence-electron chi connectivity index (χ1n) is 6.35. The van der Waals surface area contributed by atoms with Crippen molar-refractivity contribution in [1.29, 1.82) is 0 Å². The van der Waals surface area contributed by atoms with Crippen LogP contribution in [-0.4, -0.2) is 35.5 Å². The second kappa shape index (κ2) is 6.45. The maximum Gasteiger partial charge on any atom is 0.408 e. The molecule has 1 amide bonds. The fraction of sp³-hybridized carbons (Fsp3) is 0.846. The Kier molecular flexibility index (Phi) is 5.50. The van der Waals surface area contributed by atoms with Crippen molar-refractivity contribution < 1.29 is 14.3 Å². The van der Waals surface area contributed by atoms with Gasteiger partial charge in [-0.15, -0.1) is 0 Å². The molecule has 104 valence electrons. The summed E-state index contributed by atoms with van der Waals surface area (Å²) in [4.78, 5) is 23.7. The van der Waals surface area contributed by atoms with Crippen LogP contribution >= 0.6 is 11.8 Å². The van der Waals surface area contributed by atoms with E-state index in [1.54, 1.807) is 11.8 Å². The molecule has 1 rings (SSSR count). The lowest BCUT2D eigenvalue weighted by Gasteiger charge is -2.23. The Bertz CT molecular complexity index is 308. The highest BCUT2D eigenvalue weighted by atomic mass is 32.2. The van der Waals surface area contributed by atoms with Crippen LogP contribution in [0.25, 0.3) is 0 Å². The van der Waals surface area contributed by atoms with Crippen molar-refractivity contribution in [2.45, 2.75) is 51.7 Å². The normalized spacial score (nSPS) is 17.1. The molecular weight excluding hydrogens is 250 g/mol. The summed E-state index contributed by atoms with van der Waals surface area (Å²) < 4.78 is 5.19. The summed E-state index contributed by atoms with van der Waals surface area (Å²) >= 11 is 1.68. The minimum Gasteiger partial charge on any atom is -0.444 e. The molecule has 0 aromatic rings. The van der Waals surface area contributed by atoms with Gasteiger partial charge >= 0.3 is 6.09 Å². The van der Waals surface area contributed by atoms with Gasteiger partial charge in [-0.25, -0.2) is 4.79 Å². The SMILES string of the molecule is CSCC[C@H](NC(=O)OC(C)(C)C)C(=O)C1CC1. The Hall–Kier alpha value is -0.710. The number of alkyl carbamates (subject to hydrolysis) is 1. The first kappa shape index (κ1) is 15.3. The van der Waals surface area contributed by atoms with Gasteiger partial charge in [0, 0.05) is 5.92 Å². The zero-order chi connectivity index (χ0) is 13.8. The van der Waals surface area contributed by atoms with Gasteiger partial charge < -0.3 is 10.1 Å². The van der Waals surface area contributed by atoms with E-state index in [1.807, 2.05) is 27.0 Å². The molecule has 0 aliphatic heterocycles. The van der Waals surface area contributed by atoms with Gasteiger partial charge in [-0.05, 0) is 52.0 Å². The average Bonchev–Trinajstić information content (AvgIpc) is 3.04.